The molecule has 0 unspecified atom stereocenters. The highest BCUT2D eigenvalue weighted by Gasteiger charge is 2.25. The Kier molecular flexibility index (Phi) is 4.90. The number of hydrogen-bond acceptors (Lipinski definition) is 6. The highest BCUT2D eigenvalue weighted by molar-refractivity contribution is 7.00. The van der Waals surface area contributed by atoms with E-state index < -0.39 is 0 Å². The predicted molar refractivity (Wildman–Crippen MR) is 102 cm³/mol. The van der Waals surface area contributed by atoms with E-state index in [0.717, 1.165) is 49.1 Å². The molecule has 0 saturated carbocycles. The summed E-state index contributed by atoms with van der Waals surface area (Å²) in [4.78, 5) is 20.9. The van der Waals surface area contributed by atoms with Crippen LogP contribution in [0.2, 0.25) is 0 Å². The second-order valence-electron chi connectivity index (χ2n) is 6.76. The molecular formula is C19H21N5OS. The number of fused-ring (bicyclic) bond motifs is 1. The van der Waals surface area contributed by atoms with Crippen molar-refractivity contribution in [1.82, 2.24) is 23.5 Å². The SMILES string of the molecule is CN(Cc1ccc2nsnc2c1)C1CCN(C(=O)c2ccncc2)CC1. The third-order valence-corrected chi connectivity index (χ3v) is 5.61. The van der Waals surface area contributed by atoms with Gasteiger partial charge in [-0.15, -0.1) is 0 Å². The van der Waals surface area contributed by atoms with Crippen molar-refractivity contribution in [3.63, 3.8) is 0 Å². The summed E-state index contributed by atoms with van der Waals surface area (Å²) in [5, 5.41) is 0. The third kappa shape index (κ3) is 3.59. The van der Waals surface area contributed by atoms with Crippen LogP contribution in [0, 0.1) is 0 Å². The fourth-order valence-corrected chi connectivity index (χ4v) is 4.05. The second kappa shape index (κ2) is 7.47. The van der Waals surface area contributed by atoms with Gasteiger partial charge in [0.15, 0.2) is 0 Å². The zero-order valence-electron chi connectivity index (χ0n) is 14.7. The second-order valence-corrected chi connectivity index (χ2v) is 7.29. The lowest BCUT2D eigenvalue weighted by molar-refractivity contribution is 0.0639. The van der Waals surface area contributed by atoms with Gasteiger partial charge >= 0.3 is 0 Å². The Labute approximate surface area is 156 Å². The summed E-state index contributed by atoms with van der Waals surface area (Å²) >= 11 is 1.25. The summed E-state index contributed by atoms with van der Waals surface area (Å²) < 4.78 is 8.57. The zero-order chi connectivity index (χ0) is 17.9. The molecular weight excluding hydrogens is 346 g/mol. The fourth-order valence-electron chi connectivity index (χ4n) is 3.53. The van der Waals surface area contributed by atoms with Crippen LogP contribution >= 0.6 is 11.7 Å². The van der Waals surface area contributed by atoms with Crippen molar-refractivity contribution in [2.45, 2.75) is 25.4 Å². The maximum Gasteiger partial charge on any atom is 0.253 e. The first-order valence-corrected chi connectivity index (χ1v) is 9.54. The van der Waals surface area contributed by atoms with Crippen molar-refractivity contribution >= 4 is 28.7 Å². The number of carbonyl (C=O) groups is 1. The maximum atomic E-state index is 12.5. The molecule has 26 heavy (non-hydrogen) atoms. The summed E-state index contributed by atoms with van der Waals surface area (Å²) in [6.07, 6.45) is 5.33. The number of pyridine rings is 1. The molecule has 3 heterocycles. The van der Waals surface area contributed by atoms with Gasteiger partial charge in [0.05, 0.1) is 11.7 Å². The van der Waals surface area contributed by atoms with E-state index in [4.69, 9.17) is 0 Å². The normalized spacial score (nSPS) is 15.7. The summed E-state index contributed by atoms with van der Waals surface area (Å²) in [6.45, 7) is 2.48. The third-order valence-electron chi connectivity index (χ3n) is 5.05. The minimum absolute atomic E-state index is 0.106. The van der Waals surface area contributed by atoms with Crippen LogP contribution in [-0.2, 0) is 6.54 Å². The van der Waals surface area contributed by atoms with Gasteiger partial charge in [-0.05, 0) is 49.7 Å². The van der Waals surface area contributed by atoms with Gasteiger partial charge in [-0.1, -0.05) is 6.07 Å². The average molecular weight is 367 g/mol. The highest BCUT2D eigenvalue weighted by Crippen LogP contribution is 2.20. The van der Waals surface area contributed by atoms with Gasteiger partial charge in [0, 0.05) is 43.6 Å². The molecule has 1 fully saturated rings. The molecule has 1 aromatic carbocycles. The van der Waals surface area contributed by atoms with E-state index in [1.54, 1.807) is 24.5 Å². The molecule has 0 N–H and O–H groups in total. The average Bonchev–Trinajstić information content (AvgIpc) is 3.16. The maximum absolute atomic E-state index is 12.5. The van der Waals surface area contributed by atoms with E-state index in [2.05, 4.69) is 37.8 Å². The lowest BCUT2D eigenvalue weighted by Gasteiger charge is -2.36. The molecule has 2 aromatic heterocycles. The molecule has 0 bridgehead atoms. The minimum atomic E-state index is 0.106. The molecule has 1 aliphatic rings. The van der Waals surface area contributed by atoms with Gasteiger partial charge in [0.25, 0.3) is 5.91 Å². The molecule has 1 amide bonds. The summed E-state index contributed by atoms with van der Waals surface area (Å²) in [6, 6.07) is 10.3. The van der Waals surface area contributed by atoms with Crippen molar-refractivity contribution in [3.05, 3.63) is 53.9 Å². The summed E-state index contributed by atoms with van der Waals surface area (Å²) in [5.74, 6) is 0.106. The molecule has 6 nitrogen and oxygen atoms in total. The molecule has 7 heteroatoms. The van der Waals surface area contributed by atoms with Crippen molar-refractivity contribution in [2.75, 3.05) is 20.1 Å². The first-order valence-electron chi connectivity index (χ1n) is 8.81. The lowest BCUT2D eigenvalue weighted by atomic mass is 10.0. The quantitative estimate of drug-likeness (QED) is 0.710. The number of benzene rings is 1. The number of carbonyl (C=O) groups excluding carboxylic acids is 1. The molecule has 3 aromatic rings. The number of nitrogens with zero attached hydrogens (tertiary/aromatic N) is 5. The molecule has 0 radical (unpaired) electrons. The van der Waals surface area contributed by atoms with Crippen molar-refractivity contribution in [2.24, 2.45) is 0 Å². The molecule has 0 atom stereocenters. The molecule has 0 spiro atoms. The fraction of sp³-hybridized carbons (Fsp3) is 0.368. The number of rotatable bonds is 4. The molecule has 0 aliphatic carbocycles. The zero-order valence-corrected chi connectivity index (χ0v) is 15.5. The Balaban J connectivity index is 1.34. The molecule has 1 saturated heterocycles. The molecule has 1 aliphatic heterocycles. The first kappa shape index (κ1) is 17.1. The van der Waals surface area contributed by atoms with Crippen LogP contribution < -0.4 is 0 Å². The number of piperidine rings is 1. The van der Waals surface area contributed by atoms with Crippen molar-refractivity contribution < 1.29 is 4.79 Å². The van der Waals surface area contributed by atoms with E-state index in [9.17, 15) is 4.79 Å². The molecule has 134 valence electrons. The van der Waals surface area contributed by atoms with Crippen LogP contribution in [0.3, 0.4) is 0 Å². The Bertz CT molecular complexity index is 889. The Hall–Kier alpha value is -2.38. The smallest absolute Gasteiger partial charge is 0.253 e. The van der Waals surface area contributed by atoms with Gasteiger partial charge < -0.3 is 4.90 Å². The number of amides is 1. The van der Waals surface area contributed by atoms with Crippen molar-refractivity contribution in [3.8, 4) is 0 Å². The minimum Gasteiger partial charge on any atom is -0.339 e. The van der Waals surface area contributed by atoms with Crippen LogP contribution in [-0.4, -0.2) is 55.6 Å². The van der Waals surface area contributed by atoms with Crippen LogP contribution in [0.15, 0.2) is 42.7 Å². The van der Waals surface area contributed by atoms with Crippen LogP contribution in [0.5, 0.6) is 0 Å². The van der Waals surface area contributed by atoms with Gasteiger partial charge in [-0.2, -0.15) is 8.75 Å². The van der Waals surface area contributed by atoms with Crippen LogP contribution in [0.1, 0.15) is 28.8 Å². The number of hydrogen-bond donors (Lipinski definition) is 0. The first-order chi connectivity index (χ1) is 12.7. The number of aromatic nitrogens is 3. The van der Waals surface area contributed by atoms with E-state index in [1.807, 2.05) is 11.0 Å². The number of likely N-dealkylation sites (tertiary alicyclic amines) is 1. The molecule has 4 rings (SSSR count). The standard InChI is InChI=1S/C19H21N5OS/c1-23(13-14-2-3-17-18(12-14)22-26-21-17)16-6-10-24(11-7-16)19(25)15-4-8-20-9-5-15/h2-5,8-9,12,16H,6-7,10-11,13H2,1H3. The van der Waals surface area contributed by atoms with Gasteiger partial charge in [-0.25, -0.2) is 0 Å². The van der Waals surface area contributed by atoms with Crippen molar-refractivity contribution in [1.29, 1.82) is 0 Å². The van der Waals surface area contributed by atoms with Gasteiger partial charge in [-0.3, -0.25) is 14.7 Å². The summed E-state index contributed by atoms with van der Waals surface area (Å²) in [5.41, 5.74) is 3.91. The van der Waals surface area contributed by atoms with Crippen LogP contribution in [0.25, 0.3) is 11.0 Å². The predicted octanol–water partition coefficient (Wildman–Crippen LogP) is 2.82. The largest absolute Gasteiger partial charge is 0.339 e. The summed E-state index contributed by atoms with van der Waals surface area (Å²) in [7, 11) is 2.16. The Morgan fingerprint density at radius 2 is 1.88 bits per heavy atom. The van der Waals surface area contributed by atoms with Gasteiger partial charge in [0.2, 0.25) is 0 Å². The van der Waals surface area contributed by atoms with E-state index in [0.29, 0.717) is 6.04 Å². The van der Waals surface area contributed by atoms with Gasteiger partial charge in [0.1, 0.15) is 11.0 Å². The lowest BCUT2D eigenvalue weighted by Crippen LogP contribution is -2.45. The highest BCUT2D eigenvalue weighted by atomic mass is 32.1. The van der Waals surface area contributed by atoms with E-state index in [-0.39, 0.29) is 5.91 Å². The Morgan fingerprint density at radius 1 is 1.15 bits per heavy atom. The van der Waals surface area contributed by atoms with Crippen LogP contribution in [0.4, 0.5) is 0 Å². The Morgan fingerprint density at radius 3 is 2.65 bits per heavy atom. The topological polar surface area (TPSA) is 62.2 Å². The monoisotopic (exact) mass is 367 g/mol. The van der Waals surface area contributed by atoms with E-state index in [1.165, 1.54) is 17.3 Å². The van der Waals surface area contributed by atoms with E-state index >= 15 is 0 Å².